The van der Waals surface area contributed by atoms with Crippen molar-refractivity contribution in [3.8, 4) is 0 Å². The van der Waals surface area contributed by atoms with Gasteiger partial charge in [-0.2, -0.15) is 0 Å². The second-order valence-electron chi connectivity index (χ2n) is 7.53. The predicted molar refractivity (Wildman–Crippen MR) is 119 cm³/mol. The molecule has 0 atom stereocenters. The number of primary amides is 1. The minimum atomic E-state index is -0.348. The van der Waals surface area contributed by atoms with Gasteiger partial charge < -0.3 is 20.9 Å². The standard InChI is InChI=1S/C22H32N6O/c1-3-5-12-18-26-19-20(16-10-7-8-11-17(16)25-21(19)23)28(18)15-9-14-27(22(24)29)13-6-4-2/h7-8,10-11H,3-6,9,12-15H2,1-2H3,(H2,23,25)(H2,24,29). The Bertz CT molecular complexity index is 980. The van der Waals surface area contributed by atoms with Crippen LogP contribution in [0.3, 0.4) is 0 Å². The number of aromatic nitrogens is 3. The minimum Gasteiger partial charge on any atom is -0.382 e. The summed E-state index contributed by atoms with van der Waals surface area (Å²) >= 11 is 0. The van der Waals surface area contributed by atoms with Gasteiger partial charge in [0.2, 0.25) is 0 Å². The number of para-hydroxylation sites is 1. The van der Waals surface area contributed by atoms with Crippen molar-refractivity contribution in [2.24, 2.45) is 5.73 Å². The molecule has 156 valence electrons. The van der Waals surface area contributed by atoms with Crippen molar-refractivity contribution in [3.05, 3.63) is 30.1 Å². The van der Waals surface area contributed by atoms with Gasteiger partial charge in [-0.1, -0.05) is 44.9 Å². The number of anilines is 1. The van der Waals surface area contributed by atoms with Crippen molar-refractivity contribution in [3.63, 3.8) is 0 Å². The molecule has 0 bridgehead atoms. The van der Waals surface area contributed by atoms with E-state index >= 15 is 0 Å². The average molecular weight is 397 g/mol. The van der Waals surface area contributed by atoms with Crippen LogP contribution in [0.5, 0.6) is 0 Å². The number of urea groups is 1. The molecule has 0 saturated carbocycles. The SMILES string of the molecule is CCCCc1nc2c(N)nc3ccccc3c2n1CCCN(CCCC)C(N)=O. The smallest absolute Gasteiger partial charge is 0.314 e. The molecule has 0 saturated heterocycles. The molecule has 2 amide bonds. The van der Waals surface area contributed by atoms with E-state index in [1.54, 1.807) is 4.90 Å². The van der Waals surface area contributed by atoms with Crippen molar-refractivity contribution >= 4 is 33.8 Å². The molecule has 0 radical (unpaired) electrons. The van der Waals surface area contributed by atoms with Crippen molar-refractivity contribution in [2.45, 2.75) is 58.9 Å². The number of hydrogen-bond donors (Lipinski definition) is 2. The Kier molecular flexibility index (Phi) is 6.90. The lowest BCUT2D eigenvalue weighted by atomic mass is 10.2. The van der Waals surface area contributed by atoms with Gasteiger partial charge >= 0.3 is 6.03 Å². The number of carbonyl (C=O) groups is 1. The van der Waals surface area contributed by atoms with Crippen molar-refractivity contribution in [1.29, 1.82) is 0 Å². The number of carbonyl (C=O) groups excluding carboxylic acids is 1. The number of pyridine rings is 1. The Morgan fingerprint density at radius 2 is 1.79 bits per heavy atom. The number of aryl methyl sites for hydroxylation is 2. The molecular formula is C22H32N6O. The Morgan fingerprint density at radius 3 is 2.52 bits per heavy atom. The number of benzene rings is 1. The van der Waals surface area contributed by atoms with E-state index in [0.717, 1.165) is 72.8 Å². The monoisotopic (exact) mass is 396 g/mol. The van der Waals surface area contributed by atoms with Gasteiger partial charge in [0.05, 0.1) is 11.0 Å². The molecule has 0 aliphatic rings. The first-order chi connectivity index (χ1) is 14.1. The number of fused-ring (bicyclic) bond motifs is 3. The van der Waals surface area contributed by atoms with Crippen molar-refractivity contribution in [1.82, 2.24) is 19.4 Å². The molecule has 29 heavy (non-hydrogen) atoms. The molecule has 0 spiro atoms. The van der Waals surface area contributed by atoms with E-state index in [2.05, 4.69) is 29.5 Å². The van der Waals surface area contributed by atoms with Gasteiger partial charge in [0, 0.05) is 31.4 Å². The molecule has 0 unspecified atom stereocenters. The van der Waals surface area contributed by atoms with Gasteiger partial charge in [-0.25, -0.2) is 14.8 Å². The quantitative estimate of drug-likeness (QED) is 0.539. The van der Waals surface area contributed by atoms with Crippen LogP contribution in [0.4, 0.5) is 10.6 Å². The Hall–Kier alpha value is -2.83. The highest BCUT2D eigenvalue weighted by molar-refractivity contribution is 6.06. The predicted octanol–water partition coefficient (Wildman–Crippen LogP) is 4.08. The fourth-order valence-electron chi connectivity index (χ4n) is 3.77. The van der Waals surface area contributed by atoms with Crippen LogP contribution < -0.4 is 11.5 Å². The molecule has 2 heterocycles. The number of nitrogens with two attached hydrogens (primary N) is 2. The molecule has 4 N–H and O–H groups in total. The lowest BCUT2D eigenvalue weighted by molar-refractivity contribution is 0.205. The van der Waals surface area contributed by atoms with Gasteiger partial charge in [0.25, 0.3) is 0 Å². The summed E-state index contributed by atoms with van der Waals surface area (Å²) in [6.45, 7) is 6.40. The van der Waals surface area contributed by atoms with Gasteiger partial charge in [-0.3, -0.25) is 0 Å². The summed E-state index contributed by atoms with van der Waals surface area (Å²) in [5.74, 6) is 1.50. The van der Waals surface area contributed by atoms with Crippen LogP contribution in [0.1, 0.15) is 51.8 Å². The highest BCUT2D eigenvalue weighted by atomic mass is 16.2. The van der Waals surface area contributed by atoms with E-state index < -0.39 is 0 Å². The summed E-state index contributed by atoms with van der Waals surface area (Å²) in [6, 6.07) is 7.69. The van der Waals surface area contributed by atoms with Gasteiger partial charge in [-0.15, -0.1) is 0 Å². The van der Waals surface area contributed by atoms with Crippen LogP contribution in [-0.2, 0) is 13.0 Å². The topological polar surface area (TPSA) is 103 Å². The second-order valence-corrected chi connectivity index (χ2v) is 7.53. The number of nitrogen functional groups attached to an aromatic ring is 1. The fourth-order valence-corrected chi connectivity index (χ4v) is 3.77. The third-order valence-electron chi connectivity index (χ3n) is 5.35. The number of imidazole rings is 1. The summed E-state index contributed by atoms with van der Waals surface area (Å²) in [4.78, 5) is 22.9. The van der Waals surface area contributed by atoms with Crippen LogP contribution in [0.25, 0.3) is 21.9 Å². The van der Waals surface area contributed by atoms with Gasteiger partial charge in [0.15, 0.2) is 5.82 Å². The first-order valence-electron chi connectivity index (χ1n) is 10.6. The maximum atomic E-state index is 11.7. The molecular weight excluding hydrogens is 364 g/mol. The summed E-state index contributed by atoms with van der Waals surface area (Å²) in [5.41, 5.74) is 14.5. The zero-order valence-electron chi connectivity index (χ0n) is 17.5. The summed E-state index contributed by atoms with van der Waals surface area (Å²) in [7, 11) is 0. The summed E-state index contributed by atoms with van der Waals surface area (Å²) in [6.07, 6.45) is 5.88. The van der Waals surface area contributed by atoms with Gasteiger partial charge in [-0.05, 0) is 25.3 Å². The Labute approximate surface area is 172 Å². The maximum absolute atomic E-state index is 11.7. The number of amides is 2. The molecule has 0 fully saturated rings. The lowest BCUT2D eigenvalue weighted by Crippen LogP contribution is -2.37. The Balaban J connectivity index is 1.94. The number of unbranched alkanes of at least 4 members (excludes halogenated alkanes) is 2. The summed E-state index contributed by atoms with van der Waals surface area (Å²) in [5, 5.41) is 1.06. The van der Waals surface area contributed by atoms with E-state index in [1.807, 2.05) is 18.2 Å². The van der Waals surface area contributed by atoms with E-state index in [0.29, 0.717) is 18.9 Å². The molecule has 7 heteroatoms. The molecule has 2 aromatic heterocycles. The molecule has 3 rings (SSSR count). The average Bonchev–Trinajstić information content (AvgIpc) is 3.08. The third kappa shape index (κ3) is 4.60. The van der Waals surface area contributed by atoms with Crippen LogP contribution in [-0.4, -0.2) is 38.6 Å². The van der Waals surface area contributed by atoms with Crippen LogP contribution in [0.15, 0.2) is 24.3 Å². The van der Waals surface area contributed by atoms with E-state index in [-0.39, 0.29) is 6.03 Å². The second kappa shape index (κ2) is 9.58. The van der Waals surface area contributed by atoms with E-state index in [1.165, 1.54) is 0 Å². The first kappa shape index (κ1) is 20.9. The molecule has 0 aliphatic heterocycles. The normalized spacial score (nSPS) is 11.4. The fraction of sp³-hybridized carbons (Fsp3) is 0.500. The number of rotatable bonds is 10. The number of hydrogen-bond acceptors (Lipinski definition) is 4. The zero-order valence-corrected chi connectivity index (χ0v) is 17.5. The third-order valence-corrected chi connectivity index (χ3v) is 5.35. The highest BCUT2D eigenvalue weighted by Gasteiger charge is 2.17. The first-order valence-corrected chi connectivity index (χ1v) is 10.6. The zero-order chi connectivity index (χ0) is 20.8. The number of nitrogens with zero attached hydrogens (tertiary/aromatic N) is 4. The Morgan fingerprint density at radius 1 is 1.07 bits per heavy atom. The maximum Gasteiger partial charge on any atom is 0.314 e. The van der Waals surface area contributed by atoms with Crippen molar-refractivity contribution in [2.75, 3.05) is 18.8 Å². The molecule has 0 aliphatic carbocycles. The van der Waals surface area contributed by atoms with Crippen LogP contribution in [0.2, 0.25) is 0 Å². The van der Waals surface area contributed by atoms with Crippen LogP contribution >= 0.6 is 0 Å². The van der Waals surface area contributed by atoms with E-state index in [9.17, 15) is 4.79 Å². The van der Waals surface area contributed by atoms with E-state index in [4.69, 9.17) is 16.5 Å². The minimum absolute atomic E-state index is 0.348. The largest absolute Gasteiger partial charge is 0.382 e. The molecule has 7 nitrogen and oxygen atoms in total. The highest BCUT2D eigenvalue weighted by Crippen LogP contribution is 2.29. The lowest BCUT2D eigenvalue weighted by Gasteiger charge is -2.20. The molecule has 3 aromatic rings. The summed E-state index contributed by atoms with van der Waals surface area (Å²) < 4.78 is 2.27. The van der Waals surface area contributed by atoms with Gasteiger partial charge in [0.1, 0.15) is 11.3 Å². The molecule has 1 aromatic carbocycles. The van der Waals surface area contributed by atoms with Crippen LogP contribution in [0, 0.1) is 0 Å². The van der Waals surface area contributed by atoms with Crippen molar-refractivity contribution < 1.29 is 4.79 Å².